The van der Waals surface area contributed by atoms with Crippen molar-refractivity contribution in [2.75, 3.05) is 0 Å². The van der Waals surface area contributed by atoms with Crippen LogP contribution in [0.4, 0.5) is 5.69 Å². The molecular formula is C25H40ClNPPd+. The fraction of sp³-hybridized carbons (Fsp3) is 0.680. The molecule has 0 saturated heterocycles. The Bertz CT molecular complexity index is 551. The molecule has 3 saturated carbocycles. The molecule has 0 aliphatic heterocycles. The van der Waals surface area contributed by atoms with Crippen molar-refractivity contribution in [2.45, 2.75) is 100 Å². The third-order valence-electron chi connectivity index (χ3n) is 7.32. The van der Waals surface area contributed by atoms with E-state index in [0.717, 1.165) is 28.6 Å². The Morgan fingerprint density at radius 2 is 1.31 bits per heavy atom. The van der Waals surface area contributed by atoms with Gasteiger partial charge in [0, 0.05) is 20.1 Å². The Morgan fingerprint density at radius 1 is 0.759 bits per heavy atom. The third-order valence-corrected chi connectivity index (χ3v) is 11.9. The van der Waals surface area contributed by atoms with E-state index in [1.165, 1.54) is 57.8 Å². The second-order valence-electron chi connectivity index (χ2n) is 8.98. The predicted molar refractivity (Wildman–Crippen MR) is 130 cm³/mol. The van der Waals surface area contributed by atoms with Gasteiger partial charge in [-0.15, -0.1) is 0 Å². The van der Waals surface area contributed by atoms with Gasteiger partial charge in [0.15, 0.2) is 0 Å². The van der Waals surface area contributed by atoms with Crippen LogP contribution in [0.3, 0.4) is 0 Å². The number of hydrogen-bond donors (Lipinski definition) is 0. The number of rotatable bonds is 5. The molecule has 1 aromatic carbocycles. The minimum atomic E-state index is -0.266. The van der Waals surface area contributed by atoms with Crippen LogP contribution in [0.5, 0.6) is 0 Å². The van der Waals surface area contributed by atoms with Gasteiger partial charge in [0.2, 0.25) is 0 Å². The SMILES string of the molecule is C(=Nc1ccccc1)C1CCCC1[PH+](C1CCCCC1)C1CCCCC1.[CH3-].[Cl][Pd+]. The summed E-state index contributed by atoms with van der Waals surface area (Å²) in [5, 5.41) is 0. The van der Waals surface area contributed by atoms with Crippen LogP contribution in [0.1, 0.15) is 83.5 Å². The predicted octanol–water partition coefficient (Wildman–Crippen LogP) is 8.57. The van der Waals surface area contributed by atoms with E-state index >= 15 is 0 Å². The van der Waals surface area contributed by atoms with Crippen LogP contribution < -0.4 is 0 Å². The Labute approximate surface area is 196 Å². The van der Waals surface area contributed by atoms with E-state index in [2.05, 4.69) is 64.3 Å². The average molecular weight is 527 g/mol. The first-order valence-electron chi connectivity index (χ1n) is 11.5. The van der Waals surface area contributed by atoms with Crippen LogP contribution in [0.15, 0.2) is 35.3 Å². The van der Waals surface area contributed by atoms with Crippen molar-refractivity contribution < 1.29 is 18.2 Å². The first-order chi connectivity index (χ1) is 13.9. The summed E-state index contributed by atoms with van der Waals surface area (Å²) in [6.07, 6.45) is 22.0. The molecule has 3 aliphatic rings. The van der Waals surface area contributed by atoms with Crippen LogP contribution in [-0.4, -0.2) is 23.2 Å². The molecule has 4 heteroatoms. The monoisotopic (exact) mass is 526 g/mol. The Morgan fingerprint density at radius 3 is 1.86 bits per heavy atom. The summed E-state index contributed by atoms with van der Waals surface area (Å²) in [6.45, 7) is 0. The second kappa shape index (κ2) is 14.4. The van der Waals surface area contributed by atoms with Crippen molar-refractivity contribution in [2.24, 2.45) is 10.9 Å². The summed E-state index contributed by atoms with van der Waals surface area (Å²) in [5.41, 5.74) is 4.39. The quantitative estimate of drug-likeness (QED) is 0.157. The zero-order valence-corrected chi connectivity index (χ0v) is 21.4. The van der Waals surface area contributed by atoms with Crippen LogP contribution in [0.25, 0.3) is 0 Å². The normalized spacial score (nSPS) is 26.2. The number of benzene rings is 1. The van der Waals surface area contributed by atoms with E-state index in [4.69, 9.17) is 4.99 Å². The summed E-state index contributed by atoms with van der Waals surface area (Å²) in [6, 6.07) is 10.6. The fourth-order valence-electron chi connectivity index (χ4n) is 6.09. The van der Waals surface area contributed by atoms with Gasteiger partial charge in [0.05, 0.1) is 22.7 Å². The molecular weight excluding hydrogens is 487 g/mol. The van der Waals surface area contributed by atoms with Gasteiger partial charge >= 0.3 is 27.7 Å². The summed E-state index contributed by atoms with van der Waals surface area (Å²) >= 11 is 2.22. The van der Waals surface area contributed by atoms with E-state index in [9.17, 15) is 0 Å². The van der Waals surface area contributed by atoms with Crippen LogP contribution in [-0.2, 0) is 18.2 Å². The minimum absolute atomic E-state index is 0. The van der Waals surface area contributed by atoms with Gasteiger partial charge in [0.1, 0.15) is 0 Å². The maximum absolute atomic E-state index is 4.90. The number of nitrogens with zero attached hydrogens (tertiary/aromatic N) is 1. The fourth-order valence-corrected chi connectivity index (χ4v) is 11.4. The van der Waals surface area contributed by atoms with Crippen molar-refractivity contribution >= 4 is 29.4 Å². The van der Waals surface area contributed by atoms with Gasteiger partial charge in [-0.2, -0.15) is 0 Å². The van der Waals surface area contributed by atoms with Gasteiger partial charge < -0.3 is 7.43 Å². The van der Waals surface area contributed by atoms with Crippen molar-refractivity contribution in [3.05, 3.63) is 37.8 Å². The summed E-state index contributed by atoms with van der Waals surface area (Å²) in [4.78, 5) is 4.90. The van der Waals surface area contributed by atoms with Gasteiger partial charge in [-0.3, -0.25) is 4.99 Å². The zero-order valence-electron chi connectivity index (χ0n) is 18.1. The summed E-state index contributed by atoms with van der Waals surface area (Å²) < 4.78 is 0. The molecule has 0 radical (unpaired) electrons. The maximum atomic E-state index is 4.90. The topological polar surface area (TPSA) is 12.4 Å². The molecule has 3 aliphatic carbocycles. The van der Waals surface area contributed by atoms with Crippen LogP contribution in [0.2, 0.25) is 0 Å². The Balaban J connectivity index is 0.000000970. The molecule has 166 valence electrons. The van der Waals surface area contributed by atoms with Crippen molar-refractivity contribution in [1.82, 2.24) is 0 Å². The Hall–Kier alpha value is 0.272. The van der Waals surface area contributed by atoms with Crippen molar-refractivity contribution in [1.29, 1.82) is 0 Å². The molecule has 1 aromatic rings. The van der Waals surface area contributed by atoms with Gasteiger partial charge in [-0.25, -0.2) is 0 Å². The molecule has 0 heterocycles. The summed E-state index contributed by atoms with van der Waals surface area (Å²) in [5.74, 6) is 0.771. The third kappa shape index (κ3) is 7.42. The molecule has 0 bridgehead atoms. The standard InChI is InChI=1S/C24H36NP.CH3.ClH.Pd/c1-4-12-21(13-5-1)25-19-20-11-10-18-24(20)26(22-14-6-2-7-15-22)23-16-8-3-9-17-23;;;/h1,4-5,12-13,19-20,22-24H,2-3,6-11,14-18H2;1H3;1H;/q;-1;;+2. The first kappa shape index (κ1) is 25.5. The average Bonchev–Trinajstić information content (AvgIpc) is 3.24. The second-order valence-corrected chi connectivity index (χ2v) is 12.4. The Kier molecular flexibility index (Phi) is 12.6. The van der Waals surface area contributed by atoms with E-state index in [1.54, 1.807) is 25.7 Å². The van der Waals surface area contributed by atoms with E-state index in [-0.39, 0.29) is 15.3 Å². The number of para-hydroxylation sites is 1. The first-order valence-corrected chi connectivity index (χ1v) is 15.2. The van der Waals surface area contributed by atoms with Gasteiger partial charge in [-0.1, -0.05) is 31.0 Å². The molecule has 2 unspecified atom stereocenters. The van der Waals surface area contributed by atoms with E-state index in [0.29, 0.717) is 0 Å². The molecule has 0 amide bonds. The number of hydrogen-bond acceptors (Lipinski definition) is 1. The molecule has 2 atom stereocenters. The zero-order chi connectivity index (χ0) is 19.6. The van der Waals surface area contributed by atoms with Gasteiger partial charge in [0.25, 0.3) is 0 Å². The van der Waals surface area contributed by atoms with Crippen molar-refractivity contribution in [3.8, 4) is 0 Å². The number of halogens is 1. The number of aliphatic imine (C=N–C) groups is 1. The van der Waals surface area contributed by atoms with Crippen LogP contribution >= 0.6 is 17.5 Å². The molecule has 29 heavy (non-hydrogen) atoms. The molecule has 4 rings (SSSR count). The molecule has 3 fully saturated rings. The summed E-state index contributed by atoms with van der Waals surface area (Å²) in [7, 11) is 4.22. The van der Waals surface area contributed by atoms with Crippen molar-refractivity contribution in [3.63, 3.8) is 0 Å². The van der Waals surface area contributed by atoms with Gasteiger partial charge in [-0.05, 0) is 82.8 Å². The molecule has 1 nitrogen and oxygen atoms in total. The molecule has 0 N–H and O–H groups in total. The molecule has 0 spiro atoms. The van der Waals surface area contributed by atoms with Crippen LogP contribution in [0, 0.1) is 13.3 Å². The molecule has 0 aromatic heterocycles. The van der Waals surface area contributed by atoms with E-state index < -0.39 is 0 Å². The van der Waals surface area contributed by atoms with E-state index in [1.807, 2.05) is 0 Å².